The van der Waals surface area contributed by atoms with Crippen molar-refractivity contribution < 1.29 is 18.3 Å². The van der Waals surface area contributed by atoms with E-state index >= 15 is 0 Å². The molecule has 184 valence electrons. The molecule has 0 radical (unpaired) electrons. The third-order valence-corrected chi connectivity index (χ3v) is 7.07. The summed E-state index contributed by atoms with van der Waals surface area (Å²) in [6.07, 6.45) is -0.844. The number of aryl methyl sites for hydroxylation is 1. The number of rotatable bonds is 10. The molecule has 1 aromatic heterocycles. The number of halogens is 2. The van der Waals surface area contributed by atoms with E-state index in [0.717, 1.165) is 16.6 Å². The van der Waals surface area contributed by atoms with Crippen LogP contribution < -0.4 is 14.8 Å². The summed E-state index contributed by atoms with van der Waals surface area (Å²) in [6.45, 7) is 3.15. The topological polar surface area (TPSA) is 116 Å². The number of benzene rings is 3. The molecule has 0 aliphatic carbocycles. The first-order valence-electron chi connectivity index (χ1n) is 10.8. The average molecular weight is 535 g/mol. The van der Waals surface area contributed by atoms with Crippen molar-refractivity contribution in [2.24, 2.45) is 0 Å². The van der Waals surface area contributed by atoms with Crippen LogP contribution in [0.3, 0.4) is 0 Å². The second-order valence-electron chi connectivity index (χ2n) is 7.93. The highest BCUT2D eigenvalue weighted by molar-refractivity contribution is 7.92. The lowest BCUT2D eigenvalue weighted by Gasteiger charge is -2.15. The van der Waals surface area contributed by atoms with E-state index in [1.54, 1.807) is 24.3 Å². The minimum atomic E-state index is -3.90. The molecule has 4 N–H and O–H groups in total. The second kappa shape index (κ2) is 10.8. The summed E-state index contributed by atoms with van der Waals surface area (Å²) in [4.78, 5) is -0.0517. The molecule has 1 atom stereocenters. The molecule has 35 heavy (non-hydrogen) atoms. The number of aromatic amines is 1. The van der Waals surface area contributed by atoms with Crippen molar-refractivity contribution >= 4 is 49.8 Å². The predicted octanol–water partition coefficient (Wildman–Crippen LogP) is 4.68. The van der Waals surface area contributed by atoms with Crippen molar-refractivity contribution in [1.82, 2.24) is 15.5 Å². The summed E-state index contributed by atoms with van der Waals surface area (Å²) in [5.74, 6) is 0.715. The van der Waals surface area contributed by atoms with Gasteiger partial charge in [0, 0.05) is 46.0 Å². The highest BCUT2D eigenvalue weighted by atomic mass is 35.5. The molecule has 0 spiro atoms. The molecule has 1 heterocycles. The van der Waals surface area contributed by atoms with Crippen LogP contribution in [0.5, 0.6) is 5.75 Å². The zero-order valence-electron chi connectivity index (χ0n) is 18.8. The summed E-state index contributed by atoms with van der Waals surface area (Å²) in [5.41, 5.74) is 2.72. The van der Waals surface area contributed by atoms with E-state index in [1.807, 2.05) is 25.1 Å². The van der Waals surface area contributed by atoms with Crippen molar-refractivity contribution in [3.05, 3.63) is 82.0 Å². The van der Waals surface area contributed by atoms with Crippen LogP contribution in [0.2, 0.25) is 10.0 Å². The molecule has 0 bridgehead atoms. The molecule has 0 unspecified atom stereocenters. The van der Waals surface area contributed by atoms with Crippen LogP contribution in [-0.4, -0.2) is 43.4 Å². The summed E-state index contributed by atoms with van der Waals surface area (Å²) in [7, 11) is -3.90. The fraction of sp³-hybridized carbons (Fsp3) is 0.208. The molecule has 0 amide bonds. The maximum absolute atomic E-state index is 12.7. The summed E-state index contributed by atoms with van der Waals surface area (Å²) in [5, 5.41) is 22.3. The number of H-pyrrole nitrogens is 1. The van der Waals surface area contributed by atoms with Gasteiger partial charge in [-0.1, -0.05) is 35.3 Å². The average Bonchev–Trinajstić information content (AvgIpc) is 3.18. The first-order chi connectivity index (χ1) is 16.7. The van der Waals surface area contributed by atoms with Gasteiger partial charge >= 0.3 is 0 Å². The number of hydrogen-bond donors (Lipinski definition) is 4. The zero-order chi connectivity index (χ0) is 25.0. The molecule has 4 aromatic rings. The largest absolute Gasteiger partial charge is 0.492 e. The van der Waals surface area contributed by atoms with Gasteiger partial charge in [0.15, 0.2) is 0 Å². The summed E-state index contributed by atoms with van der Waals surface area (Å²) < 4.78 is 33.6. The molecule has 8 nitrogen and oxygen atoms in total. The standard InChI is InChI=1S/C24H24Cl2N4O4S/c1-15-22-6-5-20(13-23(22)29-28-15)34-8-7-27-14-24(31)16-3-2-4-19(9-16)30-35(32,33)21-11-17(25)10-18(26)12-21/h2-6,9-13,24,27,30-31H,7-8,14H2,1H3,(H,28,29)/t24-/m0/s1. The molecule has 4 rings (SSSR count). The SMILES string of the molecule is Cc1[nH]nc2cc(OCCNC[C@H](O)c3cccc(NS(=O)(=O)c4cc(Cl)cc(Cl)c4)c3)ccc12. The smallest absolute Gasteiger partial charge is 0.261 e. The molecule has 0 saturated heterocycles. The maximum atomic E-state index is 12.7. The normalized spacial score (nSPS) is 12.6. The van der Waals surface area contributed by atoms with Crippen LogP contribution in [0.15, 0.2) is 65.6 Å². The van der Waals surface area contributed by atoms with Crippen molar-refractivity contribution in [2.75, 3.05) is 24.4 Å². The van der Waals surface area contributed by atoms with Gasteiger partial charge in [-0.15, -0.1) is 0 Å². The van der Waals surface area contributed by atoms with E-state index in [-0.39, 0.29) is 21.5 Å². The Morgan fingerprint density at radius 1 is 1.09 bits per heavy atom. The molecule has 3 aromatic carbocycles. The quantitative estimate of drug-likeness (QED) is 0.219. The number of aliphatic hydroxyl groups is 1. The Kier molecular flexibility index (Phi) is 7.83. The Morgan fingerprint density at radius 3 is 2.63 bits per heavy atom. The van der Waals surface area contributed by atoms with Gasteiger partial charge in [-0.25, -0.2) is 8.42 Å². The molecule has 11 heteroatoms. The molecular formula is C24H24Cl2N4O4S. The number of sulfonamides is 1. The summed E-state index contributed by atoms with van der Waals surface area (Å²) >= 11 is 11.9. The lowest BCUT2D eigenvalue weighted by Crippen LogP contribution is -2.26. The first kappa shape index (κ1) is 25.3. The highest BCUT2D eigenvalue weighted by Gasteiger charge is 2.17. The van der Waals surface area contributed by atoms with Gasteiger partial charge in [-0.2, -0.15) is 5.10 Å². The van der Waals surface area contributed by atoms with Gasteiger partial charge in [-0.3, -0.25) is 9.82 Å². The Hall–Kier alpha value is -2.82. The first-order valence-corrected chi connectivity index (χ1v) is 13.0. The number of ether oxygens (including phenoxy) is 1. The minimum Gasteiger partial charge on any atom is -0.492 e. The number of hydrogen-bond acceptors (Lipinski definition) is 6. The Morgan fingerprint density at radius 2 is 1.86 bits per heavy atom. The Bertz CT molecular complexity index is 1420. The van der Waals surface area contributed by atoms with Gasteiger partial charge in [0.05, 0.1) is 16.5 Å². The summed E-state index contributed by atoms with van der Waals surface area (Å²) in [6, 6.07) is 16.4. The number of nitrogens with zero attached hydrogens (tertiary/aromatic N) is 1. The third-order valence-electron chi connectivity index (χ3n) is 5.27. The van der Waals surface area contributed by atoms with E-state index in [0.29, 0.717) is 30.2 Å². The van der Waals surface area contributed by atoms with Gasteiger partial charge in [-0.05, 0) is 55.0 Å². The fourth-order valence-corrected chi connectivity index (χ4v) is 5.29. The Balaban J connectivity index is 1.29. The predicted molar refractivity (Wildman–Crippen MR) is 138 cm³/mol. The van der Waals surface area contributed by atoms with Gasteiger partial charge in [0.1, 0.15) is 12.4 Å². The van der Waals surface area contributed by atoms with Crippen LogP contribution in [0, 0.1) is 6.92 Å². The number of aromatic nitrogens is 2. The van der Waals surface area contributed by atoms with Crippen LogP contribution in [0.1, 0.15) is 17.4 Å². The zero-order valence-corrected chi connectivity index (χ0v) is 21.1. The van der Waals surface area contributed by atoms with E-state index < -0.39 is 16.1 Å². The number of fused-ring (bicyclic) bond motifs is 1. The minimum absolute atomic E-state index is 0.0517. The van der Waals surface area contributed by atoms with E-state index in [9.17, 15) is 13.5 Å². The maximum Gasteiger partial charge on any atom is 0.261 e. The van der Waals surface area contributed by atoms with Gasteiger partial charge in [0.2, 0.25) is 0 Å². The lowest BCUT2D eigenvalue weighted by molar-refractivity contribution is 0.172. The molecular weight excluding hydrogens is 511 g/mol. The fourth-order valence-electron chi connectivity index (χ4n) is 3.52. The van der Waals surface area contributed by atoms with Crippen molar-refractivity contribution in [3.8, 4) is 5.75 Å². The molecule has 0 fully saturated rings. The van der Waals surface area contributed by atoms with Crippen LogP contribution >= 0.6 is 23.2 Å². The van der Waals surface area contributed by atoms with E-state index in [1.165, 1.54) is 18.2 Å². The number of nitrogens with one attached hydrogen (secondary N) is 3. The van der Waals surface area contributed by atoms with Crippen LogP contribution in [-0.2, 0) is 10.0 Å². The highest BCUT2D eigenvalue weighted by Crippen LogP contribution is 2.25. The van der Waals surface area contributed by atoms with Gasteiger partial charge in [0.25, 0.3) is 10.0 Å². The number of aliphatic hydroxyl groups excluding tert-OH is 1. The third kappa shape index (κ3) is 6.45. The lowest BCUT2D eigenvalue weighted by atomic mass is 10.1. The van der Waals surface area contributed by atoms with E-state index in [4.69, 9.17) is 27.9 Å². The number of anilines is 1. The Labute approximate surface area is 213 Å². The van der Waals surface area contributed by atoms with E-state index in [2.05, 4.69) is 20.2 Å². The van der Waals surface area contributed by atoms with Crippen LogP contribution in [0.4, 0.5) is 5.69 Å². The second-order valence-corrected chi connectivity index (χ2v) is 10.5. The van der Waals surface area contributed by atoms with Crippen molar-refractivity contribution in [1.29, 1.82) is 0 Å². The van der Waals surface area contributed by atoms with Crippen LogP contribution in [0.25, 0.3) is 10.9 Å². The van der Waals surface area contributed by atoms with Crippen molar-refractivity contribution in [3.63, 3.8) is 0 Å². The molecule has 0 aliphatic rings. The molecule has 0 aliphatic heterocycles. The monoisotopic (exact) mass is 534 g/mol. The van der Waals surface area contributed by atoms with Gasteiger partial charge < -0.3 is 15.2 Å². The van der Waals surface area contributed by atoms with Crippen molar-refractivity contribution in [2.45, 2.75) is 17.9 Å². The molecule has 0 saturated carbocycles.